The maximum absolute atomic E-state index is 13.4. The van der Waals surface area contributed by atoms with Gasteiger partial charge in [0.25, 0.3) is 5.56 Å². The molecule has 3 aromatic rings. The van der Waals surface area contributed by atoms with Crippen molar-refractivity contribution in [3.63, 3.8) is 0 Å². The number of allylic oxidation sites excluding steroid dienone is 1. The Hall–Kier alpha value is -4.34. The largest absolute Gasteiger partial charge is 0.493 e. The Bertz CT molecular complexity index is 1540. The van der Waals surface area contributed by atoms with Gasteiger partial charge in [-0.2, -0.15) is 0 Å². The van der Waals surface area contributed by atoms with Gasteiger partial charge in [0.05, 0.1) is 25.1 Å². The van der Waals surface area contributed by atoms with Gasteiger partial charge in [-0.05, 0) is 68.4 Å². The molecule has 1 aliphatic carbocycles. The van der Waals surface area contributed by atoms with Crippen molar-refractivity contribution >= 4 is 22.7 Å². The van der Waals surface area contributed by atoms with Crippen molar-refractivity contribution in [2.75, 3.05) is 27.3 Å². The molecule has 0 unspecified atom stereocenters. The summed E-state index contributed by atoms with van der Waals surface area (Å²) in [5.41, 5.74) is 1.62. The molecular weight excluding hydrogens is 524 g/mol. The Morgan fingerprint density at radius 2 is 1.63 bits per heavy atom. The molecule has 1 aromatic heterocycles. The molecule has 2 amide bonds. The fraction of sp³-hybridized carbons (Fsp3) is 0.419. The number of carbonyl (C=O) groups excluding carboxylic acids is 2. The average molecular weight is 563 g/mol. The van der Waals surface area contributed by atoms with Crippen LogP contribution in [0.25, 0.3) is 10.9 Å². The Balaban J connectivity index is 1.38. The third kappa shape index (κ3) is 7.65. The molecule has 4 rings (SSSR count). The molecule has 0 saturated carbocycles. The second-order valence-corrected chi connectivity index (χ2v) is 10.1. The second kappa shape index (κ2) is 14.3. The minimum Gasteiger partial charge on any atom is -0.493 e. The first kappa shape index (κ1) is 29.6. The van der Waals surface area contributed by atoms with E-state index in [2.05, 4.69) is 16.7 Å². The number of methoxy groups -OCH3 is 2. The highest BCUT2D eigenvalue weighted by atomic mass is 16.5. The van der Waals surface area contributed by atoms with Gasteiger partial charge in [0.1, 0.15) is 6.54 Å². The van der Waals surface area contributed by atoms with Crippen LogP contribution in [0.15, 0.2) is 63.7 Å². The first-order valence-electron chi connectivity index (χ1n) is 14.1. The van der Waals surface area contributed by atoms with Gasteiger partial charge in [0.2, 0.25) is 11.8 Å². The van der Waals surface area contributed by atoms with Gasteiger partial charge in [0.15, 0.2) is 11.5 Å². The lowest BCUT2D eigenvalue weighted by atomic mass is 9.97. The Morgan fingerprint density at radius 3 is 2.39 bits per heavy atom. The van der Waals surface area contributed by atoms with Crippen LogP contribution >= 0.6 is 0 Å². The first-order chi connectivity index (χ1) is 19.9. The number of hydrogen-bond donors (Lipinski definition) is 2. The predicted molar refractivity (Wildman–Crippen MR) is 158 cm³/mol. The molecule has 1 heterocycles. The van der Waals surface area contributed by atoms with Crippen molar-refractivity contribution in [2.24, 2.45) is 0 Å². The predicted octanol–water partition coefficient (Wildman–Crippen LogP) is 2.94. The van der Waals surface area contributed by atoms with Crippen molar-refractivity contribution in [3.8, 4) is 11.5 Å². The summed E-state index contributed by atoms with van der Waals surface area (Å²) in [5.74, 6) is 0.651. The fourth-order valence-electron chi connectivity index (χ4n) is 5.10. The minimum atomic E-state index is -0.614. The van der Waals surface area contributed by atoms with Crippen LogP contribution in [0.5, 0.6) is 11.5 Å². The molecule has 10 heteroatoms. The number of benzene rings is 2. The van der Waals surface area contributed by atoms with Crippen LogP contribution in [0.4, 0.5) is 0 Å². The molecule has 2 aromatic carbocycles. The highest BCUT2D eigenvalue weighted by molar-refractivity contribution is 5.81. The zero-order chi connectivity index (χ0) is 29.2. The maximum Gasteiger partial charge on any atom is 0.331 e. The zero-order valence-corrected chi connectivity index (χ0v) is 23.7. The number of hydrogen-bond acceptors (Lipinski definition) is 6. The molecular formula is C31H38N4O6. The number of para-hydroxylation sites is 1. The van der Waals surface area contributed by atoms with Crippen LogP contribution in [-0.2, 0) is 29.1 Å². The zero-order valence-electron chi connectivity index (χ0n) is 23.7. The quantitative estimate of drug-likeness (QED) is 0.309. The lowest BCUT2D eigenvalue weighted by Crippen LogP contribution is -2.43. The van der Waals surface area contributed by atoms with Crippen molar-refractivity contribution in [1.82, 2.24) is 19.8 Å². The molecule has 0 radical (unpaired) electrons. The van der Waals surface area contributed by atoms with E-state index in [9.17, 15) is 19.2 Å². The van der Waals surface area contributed by atoms with E-state index in [1.165, 1.54) is 23.0 Å². The van der Waals surface area contributed by atoms with E-state index < -0.39 is 11.2 Å². The van der Waals surface area contributed by atoms with Gasteiger partial charge >= 0.3 is 5.69 Å². The highest BCUT2D eigenvalue weighted by Gasteiger charge is 2.16. The standard InChI is InChI=1S/C31H38N4O6/c1-40-26-13-12-23(20-27(26)41-2)15-18-32-28(36)16-19-34-30(38)24-10-6-7-11-25(24)35(31(34)39)21-29(37)33-17-14-22-8-4-3-5-9-22/h6-8,10-13,20H,3-5,9,14-19,21H2,1-2H3,(H,32,36)(H,33,37). The number of nitrogens with one attached hydrogen (secondary N) is 2. The van der Waals surface area contributed by atoms with Gasteiger partial charge in [-0.1, -0.05) is 29.8 Å². The van der Waals surface area contributed by atoms with Crippen LogP contribution in [0, 0.1) is 0 Å². The summed E-state index contributed by atoms with van der Waals surface area (Å²) in [6.45, 7) is 0.569. The molecule has 0 bridgehead atoms. The summed E-state index contributed by atoms with van der Waals surface area (Å²) in [5, 5.41) is 6.06. The van der Waals surface area contributed by atoms with E-state index in [4.69, 9.17) is 9.47 Å². The summed E-state index contributed by atoms with van der Waals surface area (Å²) in [6.07, 6.45) is 8.10. The van der Waals surface area contributed by atoms with E-state index in [1.807, 2.05) is 18.2 Å². The van der Waals surface area contributed by atoms with Crippen LogP contribution in [0.2, 0.25) is 0 Å². The number of fused-ring (bicyclic) bond motifs is 1. The average Bonchev–Trinajstić information content (AvgIpc) is 2.99. The summed E-state index contributed by atoms with van der Waals surface area (Å²) in [4.78, 5) is 51.9. The molecule has 0 saturated heterocycles. The number of rotatable bonds is 13. The summed E-state index contributed by atoms with van der Waals surface area (Å²) in [6, 6.07) is 12.3. The molecule has 2 N–H and O–H groups in total. The normalized spacial score (nSPS) is 13.0. The van der Waals surface area contributed by atoms with Gasteiger partial charge in [-0.25, -0.2) is 4.79 Å². The molecule has 0 aliphatic heterocycles. The highest BCUT2D eigenvalue weighted by Crippen LogP contribution is 2.27. The number of ether oxygens (including phenoxy) is 2. The molecule has 10 nitrogen and oxygen atoms in total. The summed E-state index contributed by atoms with van der Waals surface area (Å²) in [7, 11) is 3.13. The van der Waals surface area contributed by atoms with Crippen molar-refractivity contribution < 1.29 is 19.1 Å². The minimum absolute atomic E-state index is 0.0548. The Kier molecular flexibility index (Phi) is 10.4. The smallest absolute Gasteiger partial charge is 0.331 e. The maximum atomic E-state index is 13.4. The summed E-state index contributed by atoms with van der Waals surface area (Å²) >= 11 is 0. The number of aromatic nitrogens is 2. The SMILES string of the molecule is COc1ccc(CCNC(=O)CCn2c(=O)c3ccccc3n(CC(=O)NCCC3=CCCCC3)c2=O)cc1OC. The number of nitrogens with zero attached hydrogens (tertiary/aromatic N) is 2. The molecule has 1 aliphatic rings. The molecule has 41 heavy (non-hydrogen) atoms. The first-order valence-corrected chi connectivity index (χ1v) is 14.1. The lowest BCUT2D eigenvalue weighted by Gasteiger charge is -2.15. The van der Waals surface area contributed by atoms with E-state index in [1.54, 1.807) is 38.5 Å². The molecule has 0 fully saturated rings. The van der Waals surface area contributed by atoms with Crippen LogP contribution in [0.1, 0.15) is 44.1 Å². The van der Waals surface area contributed by atoms with E-state index in [0.717, 1.165) is 29.4 Å². The molecule has 218 valence electrons. The summed E-state index contributed by atoms with van der Waals surface area (Å²) < 4.78 is 12.9. The lowest BCUT2D eigenvalue weighted by molar-refractivity contribution is -0.122. The van der Waals surface area contributed by atoms with E-state index in [0.29, 0.717) is 41.9 Å². The third-order valence-corrected chi connectivity index (χ3v) is 7.33. The Labute approximate surface area is 239 Å². The van der Waals surface area contributed by atoms with Gasteiger partial charge in [-0.3, -0.25) is 23.5 Å². The molecule has 0 atom stereocenters. The van der Waals surface area contributed by atoms with Gasteiger partial charge < -0.3 is 20.1 Å². The number of carbonyl (C=O) groups is 2. The Morgan fingerprint density at radius 1 is 0.878 bits per heavy atom. The van der Waals surface area contributed by atoms with E-state index >= 15 is 0 Å². The van der Waals surface area contributed by atoms with E-state index in [-0.39, 0.29) is 31.3 Å². The fourth-order valence-corrected chi connectivity index (χ4v) is 5.10. The van der Waals surface area contributed by atoms with Crippen molar-refractivity contribution in [3.05, 3.63) is 80.5 Å². The van der Waals surface area contributed by atoms with Crippen LogP contribution < -0.4 is 31.4 Å². The topological polar surface area (TPSA) is 121 Å². The van der Waals surface area contributed by atoms with Gasteiger partial charge in [0, 0.05) is 26.1 Å². The monoisotopic (exact) mass is 562 g/mol. The third-order valence-electron chi connectivity index (χ3n) is 7.33. The van der Waals surface area contributed by atoms with Crippen molar-refractivity contribution in [1.29, 1.82) is 0 Å². The van der Waals surface area contributed by atoms with Crippen molar-refractivity contribution in [2.45, 2.75) is 58.0 Å². The number of amides is 2. The van der Waals surface area contributed by atoms with Gasteiger partial charge in [-0.15, -0.1) is 0 Å². The molecule has 0 spiro atoms. The van der Waals surface area contributed by atoms with Crippen LogP contribution in [0.3, 0.4) is 0 Å². The van der Waals surface area contributed by atoms with Crippen LogP contribution in [-0.4, -0.2) is 48.3 Å². The second-order valence-electron chi connectivity index (χ2n) is 10.1.